The Bertz CT molecular complexity index is 526. The van der Waals surface area contributed by atoms with E-state index < -0.39 is 0 Å². The van der Waals surface area contributed by atoms with Crippen molar-refractivity contribution in [3.05, 3.63) is 52.1 Å². The Morgan fingerprint density at radius 2 is 1.95 bits per heavy atom. The fourth-order valence-corrected chi connectivity index (χ4v) is 2.31. The Labute approximate surface area is 125 Å². The van der Waals surface area contributed by atoms with Gasteiger partial charge in [-0.2, -0.15) is 0 Å². The lowest BCUT2D eigenvalue weighted by atomic mass is 10.1. The SMILES string of the molecule is Cc1nc(CCCNC(C)c2ccc(Cl)cc2)[nH]c1C. The van der Waals surface area contributed by atoms with Crippen LogP contribution in [-0.2, 0) is 6.42 Å². The molecule has 1 aromatic carbocycles. The number of hydrogen-bond donors (Lipinski definition) is 2. The number of aromatic amines is 1. The number of halogens is 1. The molecule has 1 aromatic heterocycles. The van der Waals surface area contributed by atoms with E-state index >= 15 is 0 Å². The predicted octanol–water partition coefficient (Wildman–Crippen LogP) is 3.96. The second kappa shape index (κ2) is 6.91. The highest BCUT2D eigenvalue weighted by molar-refractivity contribution is 6.30. The molecule has 0 fully saturated rings. The first-order valence-electron chi connectivity index (χ1n) is 7.07. The van der Waals surface area contributed by atoms with Crippen molar-refractivity contribution in [2.45, 2.75) is 39.7 Å². The van der Waals surface area contributed by atoms with E-state index in [9.17, 15) is 0 Å². The molecule has 4 heteroatoms. The molecular formula is C16H22ClN3. The number of H-pyrrole nitrogens is 1. The Hall–Kier alpha value is -1.32. The minimum atomic E-state index is 0.340. The first-order valence-corrected chi connectivity index (χ1v) is 7.45. The van der Waals surface area contributed by atoms with Crippen LogP contribution in [0.15, 0.2) is 24.3 Å². The Morgan fingerprint density at radius 3 is 2.55 bits per heavy atom. The van der Waals surface area contributed by atoms with Crippen LogP contribution < -0.4 is 5.32 Å². The highest BCUT2D eigenvalue weighted by atomic mass is 35.5. The molecule has 2 rings (SSSR count). The fraction of sp³-hybridized carbons (Fsp3) is 0.438. The van der Waals surface area contributed by atoms with Crippen molar-refractivity contribution in [1.82, 2.24) is 15.3 Å². The summed E-state index contributed by atoms with van der Waals surface area (Å²) in [5.41, 5.74) is 3.53. The minimum Gasteiger partial charge on any atom is -0.346 e. The van der Waals surface area contributed by atoms with Crippen molar-refractivity contribution in [2.24, 2.45) is 0 Å². The third-order valence-electron chi connectivity index (χ3n) is 3.59. The standard InChI is InChI=1S/C16H22ClN3/c1-11-12(2)20-16(19-11)5-4-10-18-13(3)14-6-8-15(17)9-7-14/h6-9,13,18H,4-5,10H2,1-3H3,(H,19,20). The first kappa shape index (κ1) is 15.1. The lowest BCUT2D eigenvalue weighted by molar-refractivity contribution is 0.555. The molecule has 0 aliphatic rings. The molecule has 1 unspecified atom stereocenters. The number of hydrogen-bond acceptors (Lipinski definition) is 2. The van der Waals surface area contributed by atoms with Gasteiger partial charge in [0.15, 0.2) is 0 Å². The topological polar surface area (TPSA) is 40.7 Å². The van der Waals surface area contributed by atoms with E-state index in [1.807, 2.05) is 19.1 Å². The largest absolute Gasteiger partial charge is 0.346 e. The van der Waals surface area contributed by atoms with E-state index in [1.165, 1.54) is 11.3 Å². The molecule has 108 valence electrons. The van der Waals surface area contributed by atoms with Gasteiger partial charge in [0.2, 0.25) is 0 Å². The van der Waals surface area contributed by atoms with Crippen molar-refractivity contribution in [3.8, 4) is 0 Å². The van der Waals surface area contributed by atoms with Gasteiger partial charge in [0.1, 0.15) is 5.82 Å². The van der Waals surface area contributed by atoms with Gasteiger partial charge in [-0.3, -0.25) is 0 Å². The third kappa shape index (κ3) is 4.09. The summed E-state index contributed by atoms with van der Waals surface area (Å²) in [5.74, 6) is 1.08. The van der Waals surface area contributed by atoms with Gasteiger partial charge in [0.05, 0.1) is 5.69 Å². The molecule has 2 N–H and O–H groups in total. The molecule has 0 spiro atoms. The van der Waals surface area contributed by atoms with Gasteiger partial charge in [-0.25, -0.2) is 4.98 Å². The lowest BCUT2D eigenvalue weighted by Crippen LogP contribution is -2.20. The maximum Gasteiger partial charge on any atom is 0.106 e. The smallest absolute Gasteiger partial charge is 0.106 e. The second-order valence-electron chi connectivity index (χ2n) is 5.22. The minimum absolute atomic E-state index is 0.340. The zero-order valence-electron chi connectivity index (χ0n) is 12.3. The average Bonchev–Trinajstić information content (AvgIpc) is 2.74. The van der Waals surface area contributed by atoms with Gasteiger partial charge in [0.25, 0.3) is 0 Å². The molecule has 0 saturated carbocycles. The highest BCUT2D eigenvalue weighted by Crippen LogP contribution is 2.16. The predicted molar refractivity (Wildman–Crippen MR) is 84.3 cm³/mol. The van der Waals surface area contributed by atoms with Crippen molar-refractivity contribution < 1.29 is 0 Å². The Kier molecular flexibility index (Phi) is 5.21. The van der Waals surface area contributed by atoms with Crippen LogP contribution in [0, 0.1) is 13.8 Å². The monoisotopic (exact) mass is 291 g/mol. The second-order valence-corrected chi connectivity index (χ2v) is 5.66. The maximum atomic E-state index is 5.89. The zero-order chi connectivity index (χ0) is 14.5. The molecule has 1 atom stereocenters. The van der Waals surface area contributed by atoms with Crippen LogP contribution in [-0.4, -0.2) is 16.5 Å². The van der Waals surface area contributed by atoms with Gasteiger partial charge < -0.3 is 10.3 Å². The van der Waals surface area contributed by atoms with Crippen LogP contribution >= 0.6 is 11.6 Å². The van der Waals surface area contributed by atoms with Crippen molar-refractivity contribution in [3.63, 3.8) is 0 Å². The van der Waals surface area contributed by atoms with E-state index in [0.29, 0.717) is 6.04 Å². The molecule has 0 amide bonds. The van der Waals surface area contributed by atoms with Gasteiger partial charge in [-0.05, 0) is 51.4 Å². The fourth-order valence-electron chi connectivity index (χ4n) is 2.18. The van der Waals surface area contributed by atoms with E-state index in [4.69, 9.17) is 11.6 Å². The van der Waals surface area contributed by atoms with Gasteiger partial charge in [-0.1, -0.05) is 23.7 Å². The molecule has 1 heterocycles. The lowest BCUT2D eigenvalue weighted by Gasteiger charge is -2.14. The summed E-state index contributed by atoms with van der Waals surface area (Å²) >= 11 is 5.89. The molecule has 2 aromatic rings. The number of imidazole rings is 1. The molecule has 0 bridgehead atoms. The number of benzene rings is 1. The summed E-state index contributed by atoms with van der Waals surface area (Å²) in [7, 11) is 0. The molecule has 0 aliphatic carbocycles. The summed E-state index contributed by atoms with van der Waals surface area (Å²) < 4.78 is 0. The van der Waals surface area contributed by atoms with Crippen LogP contribution in [0.2, 0.25) is 5.02 Å². The van der Waals surface area contributed by atoms with Crippen molar-refractivity contribution in [1.29, 1.82) is 0 Å². The zero-order valence-corrected chi connectivity index (χ0v) is 13.1. The van der Waals surface area contributed by atoms with Crippen LogP contribution in [0.25, 0.3) is 0 Å². The van der Waals surface area contributed by atoms with Crippen molar-refractivity contribution in [2.75, 3.05) is 6.54 Å². The quantitative estimate of drug-likeness (QED) is 0.791. The van der Waals surface area contributed by atoms with E-state index in [-0.39, 0.29) is 0 Å². The summed E-state index contributed by atoms with van der Waals surface area (Å²) in [6.45, 7) is 7.25. The van der Waals surface area contributed by atoms with Gasteiger partial charge in [-0.15, -0.1) is 0 Å². The third-order valence-corrected chi connectivity index (χ3v) is 3.84. The molecule has 3 nitrogen and oxygen atoms in total. The average molecular weight is 292 g/mol. The van der Waals surface area contributed by atoms with Crippen LogP contribution in [0.4, 0.5) is 0 Å². The Morgan fingerprint density at radius 1 is 1.25 bits per heavy atom. The summed E-state index contributed by atoms with van der Waals surface area (Å²) in [6.07, 6.45) is 2.05. The molecule has 0 radical (unpaired) electrons. The van der Waals surface area contributed by atoms with Gasteiger partial charge >= 0.3 is 0 Å². The van der Waals surface area contributed by atoms with E-state index in [2.05, 4.69) is 41.3 Å². The highest BCUT2D eigenvalue weighted by Gasteiger charge is 2.05. The number of rotatable bonds is 6. The molecule has 20 heavy (non-hydrogen) atoms. The molecule has 0 aliphatic heterocycles. The maximum absolute atomic E-state index is 5.89. The van der Waals surface area contributed by atoms with E-state index in [0.717, 1.165) is 35.9 Å². The van der Waals surface area contributed by atoms with Crippen LogP contribution in [0.3, 0.4) is 0 Å². The van der Waals surface area contributed by atoms with Gasteiger partial charge in [0, 0.05) is 23.2 Å². The van der Waals surface area contributed by atoms with E-state index in [1.54, 1.807) is 0 Å². The van der Waals surface area contributed by atoms with Crippen LogP contribution in [0.1, 0.15) is 42.2 Å². The normalized spacial score (nSPS) is 12.6. The van der Waals surface area contributed by atoms with Crippen LogP contribution in [0.5, 0.6) is 0 Å². The molecular weight excluding hydrogens is 270 g/mol. The molecule has 0 saturated heterocycles. The Balaban J connectivity index is 1.74. The summed E-state index contributed by atoms with van der Waals surface area (Å²) in [4.78, 5) is 7.81. The number of nitrogens with zero attached hydrogens (tertiary/aromatic N) is 1. The summed E-state index contributed by atoms with van der Waals surface area (Å²) in [6, 6.07) is 8.35. The first-order chi connectivity index (χ1) is 9.56. The number of aromatic nitrogens is 2. The number of nitrogens with one attached hydrogen (secondary N) is 2. The summed E-state index contributed by atoms with van der Waals surface area (Å²) in [5, 5.41) is 4.31. The van der Waals surface area contributed by atoms with Crippen molar-refractivity contribution >= 4 is 11.6 Å². The number of aryl methyl sites for hydroxylation is 3.